The second-order valence-corrected chi connectivity index (χ2v) is 7.94. The van der Waals surface area contributed by atoms with E-state index < -0.39 is 6.17 Å². The van der Waals surface area contributed by atoms with Crippen molar-refractivity contribution in [2.75, 3.05) is 25.7 Å². The lowest BCUT2D eigenvalue weighted by Crippen LogP contribution is -2.49. The molecular weight excluding hydrogens is 438 g/mol. The summed E-state index contributed by atoms with van der Waals surface area (Å²) in [5.74, 6) is 0.623. The molecule has 174 valence electrons. The number of carbonyl (C=O) groups excluding carboxylic acids is 3. The van der Waals surface area contributed by atoms with Crippen molar-refractivity contribution in [3.8, 4) is 11.5 Å². The number of para-hydroxylation sites is 1. The fourth-order valence-corrected chi connectivity index (χ4v) is 4.56. The van der Waals surface area contributed by atoms with Gasteiger partial charge in [-0.3, -0.25) is 19.3 Å². The molecule has 0 bridgehead atoms. The van der Waals surface area contributed by atoms with E-state index in [1.807, 2.05) is 0 Å². The monoisotopic (exact) mass is 461 g/mol. The van der Waals surface area contributed by atoms with Gasteiger partial charge in [-0.1, -0.05) is 18.2 Å². The van der Waals surface area contributed by atoms with Crippen LogP contribution in [-0.2, 0) is 11.3 Å². The predicted molar refractivity (Wildman–Crippen MR) is 122 cm³/mol. The molecule has 34 heavy (non-hydrogen) atoms. The molecule has 1 atom stereocenters. The van der Waals surface area contributed by atoms with Crippen LogP contribution in [0.3, 0.4) is 0 Å². The second-order valence-electron chi connectivity index (χ2n) is 7.94. The molecule has 1 N–H and O–H groups in total. The third-order valence-electron chi connectivity index (χ3n) is 6.10. The van der Waals surface area contributed by atoms with Crippen molar-refractivity contribution in [2.45, 2.75) is 19.1 Å². The molecule has 0 spiro atoms. The summed E-state index contributed by atoms with van der Waals surface area (Å²) in [5, 5.41) is 2.79. The van der Waals surface area contributed by atoms with Gasteiger partial charge in [-0.2, -0.15) is 0 Å². The lowest BCUT2D eigenvalue weighted by Gasteiger charge is -2.40. The van der Waals surface area contributed by atoms with Gasteiger partial charge in [0.05, 0.1) is 43.8 Å². The number of hydrogen-bond acceptors (Lipinski definition) is 6. The first-order valence-corrected chi connectivity index (χ1v) is 10.8. The van der Waals surface area contributed by atoms with Gasteiger partial charge in [0, 0.05) is 18.5 Å². The number of nitrogens with one attached hydrogen (secondary N) is 1. The number of methoxy groups -OCH3 is 2. The Morgan fingerprint density at radius 3 is 2.59 bits per heavy atom. The number of fused-ring (bicyclic) bond motifs is 5. The van der Waals surface area contributed by atoms with Gasteiger partial charge in [-0.05, 0) is 30.3 Å². The number of rotatable bonds is 7. The zero-order valence-corrected chi connectivity index (χ0v) is 18.7. The van der Waals surface area contributed by atoms with Crippen LogP contribution in [0.4, 0.5) is 5.69 Å². The highest BCUT2D eigenvalue weighted by molar-refractivity contribution is 6.18. The van der Waals surface area contributed by atoms with Crippen molar-refractivity contribution in [3.63, 3.8) is 0 Å². The number of furan rings is 1. The van der Waals surface area contributed by atoms with Crippen LogP contribution < -0.4 is 19.7 Å². The number of hydrogen-bond donors (Lipinski definition) is 1. The van der Waals surface area contributed by atoms with E-state index in [0.29, 0.717) is 39.6 Å². The van der Waals surface area contributed by atoms with Crippen molar-refractivity contribution in [3.05, 3.63) is 77.2 Å². The van der Waals surface area contributed by atoms with E-state index in [1.165, 1.54) is 20.5 Å². The minimum Gasteiger partial charge on any atom is -0.493 e. The maximum atomic E-state index is 13.6. The predicted octanol–water partition coefficient (Wildman–Crippen LogP) is 3.12. The smallest absolute Gasteiger partial charge is 0.264 e. The molecule has 2 aromatic carbocycles. The molecule has 0 aliphatic carbocycles. The molecule has 2 aliphatic rings. The molecular formula is C25H23N3O6. The van der Waals surface area contributed by atoms with Crippen LogP contribution in [0.25, 0.3) is 0 Å². The molecule has 0 saturated carbocycles. The van der Waals surface area contributed by atoms with Crippen LogP contribution in [-0.4, -0.2) is 43.4 Å². The number of carbonyl (C=O) groups is 3. The van der Waals surface area contributed by atoms with Crippen molar-refractivity contribution in [2.24, 2.45) is 0 Å². The Kier molecular flexibility index (Phi) is 5.45. The summed E-state index contributed by atoms with van der Waals surface area (Å²) < 4.78 is 16.1. The summed E-state index contributed by atoms with van der Waals surface area (Å²) >= 11 is 0. The molecule has 1 aromatic heterocycles. The summed E-state index contributed by atoms with van der Waals surface area (Å²) in [6, 6.07) is 14.0. The zero-order chi connectivity index (χ0) is 23.8. The summed E-state index contributed by atoms with van der Waals surface area (Å²) in [5.41, 5.74) is 1.91. The molecule has 0 fully saturated rings. The maximum Gasteiger partial charge on any atom is 0.264 e. The lowest BCUT2D eigenvalue weighted by atomic mass is 10.0. The number of anilines is 1. The highest BCUT2D eigenvalue weighted by atomic mass is 16.5. The number of benzene rings is 2. The first-order valence-electron chi connectivity index (χ1n) is 10.8. The fourth-order valence-electron chi connectivity index (χ4n) is 4.56. The van der Waals surface area contributed by atoms with Crippen LogP contribution in [0.2, 0.25) is 0 Å². The first kappa shape index (κ1) is 21.6. The standard InChI is InChI=1S/C25H23N3O6/c1-32-19-10-9-17-21(22(19)33-2)25(31)28-18-8-4-3-7-16(18)24(30)27(23(17)28)12-11-20(29)26-14-15-6-5-13-34-15/h3-10,13,23H,11-12,14H2,1-2H3,(H,26,29)/t23-/m0/s1. The van der Waals surface area contributed by atoms with Crippen molar-refractivity contribution in [1.82, 2.24) is 10.2 Å². The summed E-state index contributed by atoms with van der Waals surface area (Å²) in [6.07, 6.45) is 0.913. The number of amides is 3. The summed E-state index contributed by atoms with van der Waals surface area (Å²) in [7, 11) is 2.98. The molecule has 9 heteroatoms. The normalized spacial score (nSPS) is 16.1. The van der Waals surface area contributed by atoms with Crippen LogP contribution in [0.15, 0.2) is 59.2 Å². The van der Waals surface area contributed by atoms with Crippen molar-refractivity contribution in [1.29, 1.82) is 0 Å². The molecule has 3 amide bonds. The summed E-state index contributed by atoms with van der Waals surface area (Å²) in [4.78, 5) is 42.8. The van der Waals surface area contributed by atoms with E-state index in [1.54, 1.807) is 58.3 Å². The number of ether oxygens (including phenoxy) is 2. The van der Waals surface area contributed by atoms with Crippen molar-refractivity contribution < 1.29 is 28.3 Å². The van der Waals surface area contributed by atoms with Gasteiger partial charge < -0.3 is 24.1 Å². The van der Waals surface area contributed by atoms with E-state index in [0.717, 1.165) is 0 Å². The second kappa shape index (κ2) is 8.58. The van der Waals surface area contributed by atoms with E-state index >= 15 is 0 Å². The molecule has 0 radical (unpaired) electrons. The summed E-state index contributed by atoms with van der Waals surface area (Å²) in [6.45, 7) is 0.385. The van der Waals surface area contributed by atoms with Gasteiger partial charge in [0.2, 0.25) is 5.91 Å². The topological polar surface area (TPSA) is 101 Å². The van der Waals surface area contributed by atoms with Gasteiger partial charge in [0.25, 0.3) is 11.8 Å². The Morgan fingerprint density at radius 2 is 1.85 bits per heavy atom. The van der Waals surface area contributed by atoms with Gasteiger partial charge in [-0.15, -0.1) is 0 Å². The van der Waals surface area contributed by atoms with E-state index in [9.17, 15) is 14.4 Å². The lowest BCUT2D eigenvalue weighted by molar-refractivity contribution is -0.121. The largest absolute Gasteiger partial charge is 0.493 e. The van der Waals surface area contributed by atoms with Crippen molar-refractivity contribution >= 4 is 23.4 Å². The van der Waals surface area contributed by atoms with Crippen LogP contribution in [0.1, 0.15) is 44.6 Å². The molecule has 3 heterocycles. The Morgan fingerprint density at radius 1 is 1.03 bits per heavy atom. The van der Waals surface area contributed by atoms with Gasteiger partial charge >= 0.3 is 0 Å². The van der Waals surface area contributed by atoms with Gasteiger partial charge in [0.1, 0.15) is 11.9 Å². The molecule has 0 saturated heterocycles. The third kappa shape index (κ3) is 3.37. The quantitative estimate of drug-likeness (QED) is 0.580. The molecule has 9 nitrogen and oxygen atoms in total. The number of nitrogens with zero attached hydrogens (tertiary/aromatic N) is 2. The average molecular weight is 461 g/mol. The van der Waals surface area contributed by atoms with E-state index in [2.05, 4.69) is 5.32 Å². The molecule has 3 aromatic rings. The Bertz CT molecular complexity index is 1270. The average Bonchev–Trinajstić information content (AvgIpc) is 3.48. The zero-order valence-electron chi connectivity index (χ0n) is 18.7. The van der Waals surface area contributed by atoms with E-state index in [-0.39, 0.29) is 37.2 Å². The Balaban J connectivity index is 1.49. The minimum absolute atomic E-state index is 0.0652. The van der Waals surface area contributed by atoms with Gasteiger partial charge in [-0.25, -0.2) is 0 Å². The Labute approximate surface area is 195 Å². The minimum atomic E-state index is -0.692. The highest BCUT2D eigenvalue weighted by Crippen LogP contribution is 2.49. The highest BCUT2D eigenvalue weighted by Gasteiger charge is 2.49. The van der Waals surface area contributed by atoms with Crippen LogP contribution >= 0.6 is 0 Å². The molecule has 0 unspecified atom stereocenters. The SMILES string of the molecule is COc1ccc2c(c1OC)C(=O)N1c3ccccc3C(=O)N(CCC(=O)NCc3ccco3)[C@H]21. The van der Waals surface area contributed by atoms with Gasteiger partial charge in [0.15, 0.2) is 11.5 Å². The molecule has 5 rings (SSSR count). The maximum absolute atomic E-state index is 13.6. The van der Waals surface area contributed by atoms with E-state index in [4.69, 9.17) is 13.9 Å². The molecule has 2 aliphatic heterocycles. The first-order chi connectivity index (χ1) is 16.5. The van der Waals surface area contributed by atoms with Crippen LogP contribution in [0.5, 0.6) is 11.5 Å². The van der Waals surface area contributed by atoms with Crippen LogP contribution in [0, 0.1) is 0 Å². The third-order valence-corrected chi connectivity index (χ3v) is 6.10. The fraction of sp³-hybridized carbons (Fsp3) is 0.240. The Hall–Kier alpha value is -4.27.